The van der Waals surface area contributed by atoms with Crippen LogP contribution in [-0.2, 0) is 0 Å². The predicted molar refractivity (Wildman–Crippen MR) is 118 cm³/mol. The molecule has 3 aromatic rings. The van der Waals surface area contributed by atoms with Crippen molar-refractivity contribution in [2.24, 2.45) is 5.73 Å². The first-order chi connectivity index (χ1) is 14.3. The number of alkyl halides is 2. The number of hydrogen-bond acceptors (Lipinski definition) is 6. The zero-order valence-corrected chi connectivity index (χ0v) is 18.0. The molecule has 0 amide bonds. The first-order valence-corrected chi connectivity index (χ1v) is 9.81. The van der Waals surface area contributed by atoms with Crippen LogP contribution in [0.2, 0.25) is 0 Å². The van der Waals surface area contributed by atoms with Crippen LogP contribution in [0.1, 0.15) is 42.8 Å². The molecule has 10 heteroatoms. The summed E-state index contributed by atoms with van der Waals surface area (Å²) in [6.07, 6.45) is -0.303. The van der Waals surface area contributed by atoms with E-state index in [1.54, 1.807) is 20.0 Å². The zero-order valence-electron chi connectivity index (χ0n) is 17.1. The van der Waals surface area contributed by atoms with Crippen LogP contribution in [0.3, 0.4) is 0 Å². The van der Waals surface area contributed by atoms with Crippen LogP contribution in [0, 0.1) is 12.7 Å². The Labute approximate surface area is 184 Å². The number of nitrogens with one attached hydrogen (secondary N) is 1. The summed E-state index contributed by atoms with van der Waals surface area (Å²) in [7, 11) is 0. The summed E-state index contributed by atoms with van der Waals surface area (Å²) in [5, 5.41) is 3.89. The normalized spacial score (nSPS) is 17.1. The maximum atomic E-state index is 14.6. The number of pyridine rings is 1. The van der Waals surface area contributed by atoms with E-state index in [-0.39, 0.29) is 24.0 Å². The Kier molecular flexibility index (Phi) is 6.86. The maximum absolute atomic E-state index is 14.6. The lowest BCUT2D eigenvalue weighted by Gasteiger charge is -2.20. The van der Waals surface area contributed by atoms with Gasteiger partial charge >= 0.3 is 0 Å². The monoisotopic (exact) mass is 452 g/mol. The van der Waals surface area contributed by atoms with Gasteiger partial charge in [-0.1, -0.05) is 18.2 Å². The number of aromatic nitrogens is 3. The molecule has 0 saturated carbocycles. The van der Waals surface area contributed by atoms with Gasteiger partial charge < -0.3 is 16.0 Å². The smallest absolute Gasteiger partial charge is 0.266 e. The van der Waals surface area contributed by atoms with Crippen molar-refractivity contribution < 1.29 is 13.2 Å². The first kappa shape index (κ1) is 23.0. The molecule has 3 N–H and O–H groups in total. The average molecular weight is 453 g/mol. The Hall–Kier alpha value is -2.65. The number of fused-ring (bicyclic) bond motifs is 1. The highest BCUT2D eigenvalue weighted by Gasteiger charge is 2.23. The number of hydrogen-bond donors (Lipinski definition) is 2. The minimum Gasteiger partial charge on any atom is -0.363 e. The lowest BCUT2D eigenvalue weighted by molar-refractivity contribution is 0.146. The topological polar surface area (TPSA) is 80.0 Å². The number of aryl methyl sites for hydroxylation is 1. The summed E-state index contributed by atoms with van der Waals surface area (Å²) < 4.78 is 40.7. The van der Waals surface area contributed by atoms with E-state index in [0.29, 0.717) is 17.2 Å². The standard InChI is InChI=1S/C21H23F3N6.ClH/c1-11(14-4-3-5-15(19(14)22)20(23)24)27-21-16-8-18(30-7-6-13(25)10-30)26-9-17(16)28-12(2)29-21;/h3-5,8-9,11,13,20H,6-7,10,25H2,1-2H3,(H,27,28,29);1H/t11-,13-;/m1./s1. The molecule has 1 aromatic carbocycles. The molecule has 0 radical (unpaired) electrons. The van der Waals surface area contributed by atoms with Crippen molar-refractivity contribution in [2.75, 3.05) is 23.3 Å². The van der Waals surface area contributed by atoms with Crippen molar-refractivity contribution in [3.05, 3.63) is 53.2 Å². The van der Waals surface area contributed by atoms with Crippen molar-refractivity contribution in [3.63, 3.8) is 0 Å². The lowest BCUT2D eigenvalue weighted by Crippen LogP contribution is -2.26. The summed E-state index contributed by atoms with van der Waals surface area (Å²) in [5.41, 5.74) is 6.19. The molecule has 1 saturated heterocycles. The highest BCUT2D eigenvalue weighted by atomic mass is 35.5. The minimum atomic E-state index is -2.88. The van der Waals surface area contributed by atoms with E-state index < -0.39 is 23.8 Å². The van der Waals surface area contributed by atoms with Crippen LogP contribution < -0.4 is 16.0 Å². The number of nitrogens with two attached hydrogens (primary N) is 1. The van der Waals surface area contributed by atoms with Crippen LogP contribution in [0.5, 0.6) is 0 Å². The molecule has 2 atom stereocenters. The molecule has 2 aromatic heterocycles. The van der Waals surface area contributed by atoms with Crippen molar-refractivity contribution in [1.29, 1.82) is 0 Å². The molecule has 31 heavy (non-hydrogen) atoms. The number of rotatable bonds is 5. The second-order valence-corrected chi connectivity index (χ2v) is 7.59. The zero-order chi connectivity index (χ0) is 21.4. The Balaban J connectivity index is 0.00000272. The second kappa shape index (κ2) is 9.23. The van der Waals surface area contributed by atoms with Crippen molar-refractivity contribution in [2.45, 2.75) is 38.8 Å². The third-order valence-corrected chi connectivity index (χ3v) is 5.34. The second-order valence-electron chi connectivity index (χ2n) is 7.59. The van der Waals surface area contributed by atoms with E-state index >= 15 is 0 Å². The van der Waals surface area contributed by atoms with Crippen LogP contribution >= 0.6 is 12.4 Å². The number of anilines is 2. The largest absolute Gasteiger partial charge is 0.363 e. The Morgan fingerprint density at radius 3 is 2.65 bits per heavy atom. The maximum Gasteiger partial charge on any atom is 0.266 e. The van der Waals surface area contributed by atoms with Gasteiger partial charge in [0.2, 0.25) is 0 Å². The van der Waals surface area contributed by atoms with Gasteiger partial charge in [0.05, 0.1) is 23.3 Å². The molecule has 0 unspecified atom stereocenters. The quantitative estimate of drug-likeness (QED) is 0.591. The molecule has 0 aliphatic carbocycles. The number of nitrogens with zero attached hydrogens (tertiary/aromatic N) is 4. The Morgan fingerprint density at radius 1 is 1.23 bits per heavy atom. The summed E-state index contributed by atoms with van der Waals surface area (Å²) in [6.45, 7) is 4.99. The molecule has 6 nitrogen and oxygen atoms in total. The van der Waals surface area contributed by atoms with E-state index in [1.165, 1.54) is 12.1 Å². The molecule has 4 rings (SSSR count). The summed E-state index contributed by atoms with van der Waals surface area (Å²) in [5.74, 6) is 0.885. The third kappa shape index (κ3) is 4.67. The lowest BCUT2D eigenvalue weighted by atomic mass is 10.0. The average Bonchev–Trinajstić information content (AvgIpc) is 3.13. The van der Waals surface area contributed by atoms with Crippen LogP contribution in [0.15, 0.2) is 30.5 Å². The molecule has 166 valence electrons. The molecule has 0 spiro atoms. The molecular formula is C21H24ClF3N6. The van der Waals surface area contributed by atoms with Gasteiger partial charge in [-0.3, -0.25) is 0 Å². The first-order valence-electron chi connectivity index (χ1n) is 9.81. The van der Waals surface area contributed by atoms with Gasteiger partial charge in [-0.05, 0) is 26.3 Å². The van der Waals surface area contributed by atoms with Crippen molar-refractivity contribution >= 4 is 34.9 Å². The third-order valence-electron chi connectivity index (χ3n) is 5.34. The summed E-state index contributed by atoms with van der Waals surface area (Å²) in [4.78, 5) is 15.5. The van der Waals surface area contributed by atoms with Crippen LogP contribution in [0.25, 0.3) is 10.9 Å². The highest BCUT2D eigenvalue weighted by Crippen LogP contribution is 2.31. The molecule has 0 bridgehead atoms. The fourth-order valence-electron chi connectivity index (χ4n) is 3.77. The molecule has 3 heterocycles. The summed E-state index contributed by atoms with van der Waals surface area (Å²) in [6, 6.07) is 5.43. The fourth-order valence-corrected chi connectivity index (χ4v) is 3.77. The number of benzene rings is 1. The van der Waals surface area contributed by atoms with Gasteiger partial charge in [-0.25, -0.2) is 28.1 Å². The predicted octanol–water partition coefficient (Wildman–Crippen LogP) is 4.54. The van der Waals surface area contributed by atoms with E-state index in [9.17, 15) is 13.2 Å². The van der Waals surface area contributed by atoms with Gasteiger partial charge in [0.25, 0.3) is 6.43 Å². The van der Waals surface area contributed by atoms with Gasteiger partial charge in [-0.2, -0.15) is 0 Å². The van der Waals surface area contributed by atoms with Gasteiger partial charge in [0, 0.05) is 30.1 Å². The van der Waals surface area contributed by atoms with E-state index in [2.05, 4.69) is 25.2 Å². The molecule has 1 aliphatic heterocycles. The van der Waals surface area contributed by atoms with Gasteiger partial charge in [0.1, 0.15) is 23.3 Å². The van der Waals surface area contributed by atoms with Crippen molar-refractivity contribution in [1.82, 2.24) is 15.0 Å². The molecular weight excluding hydrogens is 429 g/mol. The molecule has 1 fully saturated rings. The van der Waals surface area contributed by atoms with E-state index in [4.69, 9.17) is 5.73 Å². The minimum absolute atomic E-state index is 0. The van der Waals surface area contributed by atoms with Crippen molar-refractivity contribution in [3.8, 4) is 0 Å². The number of halogens is 4. The Bertz CT molecular complexity index is 1080. The van der Waals surface area contributed by atoms with Crippen LogP contribution in [-0.4, -0.2) is 34.1 Å². The van der Waals surface area contributed by atoms with Gasteiger partial charge in [-0.15, -0.1) is 12.4 Å². The highest BCUT2D eigenvalue weighted by molar-refractivity contribution is 5.90. The molecule has 1 aliphatic rings. The fraction of sp³-hybridized carbons (Fsp3) is 0.381. The van der Waals surface area contributed by atoms with E-state index in [0.717, 1.165) is 36.8 Å². The Morgan fingerprint density at radius 2 is 1.97 bits per heavy atom. The van der Waals surface area contributed by atoms with Gasteiger partial charge in [0.15, 0.2) is 0 Å². The summed E-state index contributed by atoms with van der Waals surface area (Å²) >= 11 is 0. The SMILES string of the molecule is Cc1nc(N[C@H](C)c2cccc(C(F)F)c2F)c2cc(N3CC[C@@H](N)C3)ncc2n1.Cl. The van der Waals surface area contributed by atoms with E-state index in [1.807, 2.05) is 6.07 Å². The van der Waals surface area contributed by atoms with Crippen LogP contribution in [0.4, 0.5) is 24.8 Å².